The lowest BCUT2D eigenvalue weighted by atomic mass is 9.87. The molecule has 1 unspecified atom stereocenters. The van der Waals surface area contributed by atoms with Crippen molar-refractivity contribution in [3.8, 4) is 0 Å². The van der Waals surface area contributed by atoms with E-state index in [9.17, 15) is 0 Å². The van der Waals surface area contributed by atoms with Gasteiger partial charge in [0.05, 0.1) is 12.1 Å². The summed E-state index contributed by atoms with van der Waals surface area (Å²) in [5.74, 6) is 1.18. The molecule has 0 radical (unpaired) electrons. The minimum Gasteiger partial charge on any atom is -0.340 e. The van der Waals surface area contributed by atoms with Crippen LogP contribution in [0.3, 0.4) is 0 Å². The third-order valence-electron chi connectivity index (χ3n) is 3.61. The molecule has 0 aliphatic carbocycles. The molecule has 16 heavy (non-hydrogen) atoms. The zero-order chi connectivity index (χ0) is 11.0. The summed E-state index contributed by atoms with van der Waals surface area (Å²) in [6.07, 6.45) is 1.21. The van der Waals surface area contributed by atoms with Gasteiger partial charge in [0.25, 0.3) is 0 Å². The van der Waals surface area contributed by atoms with E-state index in [1.165, 1.54) is 22.9 Å². The molecular formula is C13H16N2S. The van der Waals surface area contributed by atoms with E-state index in [0.29, 0.717) is 0 Å². The molecule has 1 aromatic carbocycles. The molecule has 2 aliphatic heterocycles. The van der Waals surface area contributed by atoms with Gasteiger partial charge in [0.1, 0.15) is 0 Å². The lowest BCUT2D eigenvalue weighted by molar-refractivity contribution is 0.204. The second-order valence-electron chi connectivity index (χ2n) is 4.55. The van der Waals surface area contributed by atoms with Gasteiger partial charge in [-0.15, -0.1) is 0 Å². The Morgan fingerprint density at radius 2 is 2.12 bits per heavy atom. The van der Waals surface area contributed by atoms with Gasteiger partial charge in [-0.05, 0) is 18.9 Å². The average molecular weight is 232 g/mol. The van der Waals surface area contributed by atoms with Gasteiger partial charge < -0.3 is 4.90 Å². The number of rotatable bonds is 1. The largest absolute Gasteiger partial charge is 0.340 e. The van der Waals surface area contributed by atoms with Crippen molar-refractivity contribution in [2.24, 2.45) is 4.99 Å². The summed E-state index contributed by atoms with van der Waals surface area (Å²) < 4.78 is 0. The highest BCUT2D eigenvalue weighted by molar-refractivity contribution is 8.13. The molecule has 1 saturated heterocycles. The number of amidine groups is 1. The number of nitrogens with zero attached hydrogens (tertiary/aromatic N) is 2. The van der Waals surface area contributed by atoms with Crippen LogP contribution in [-0.4, -0.2) is 28.9 Å². The fourth-order valence-corrected chi connectivity index (χ4v) is 3.89. The van der Waals surface area contributed by atoms with Gasteiger partial charge in [-0.2, -0.15) is 0 Å². The summed E-state index contributed by atoms with van der Waals surface area (Å²) in [4.78, 5) is 7.07. The van der Waals surface area contributed by atoms with Crippen molar-refractivity contribution >= 4 is 16.9 Å². The smallest absolute Gasteiger partial charge is 0.160 e. The van der Waals surface area contributed by atoms with E-state index >= 15 is 0 Å². The van der Waals surface area contributed by atoms with Gasteiger partial charge in [-0.25, -0.2) is 0 Å². The zero-order valence-corrected chi connectivity index (χ0v) is 10.3. The highest BCUT2D eigenvalue weighted by Crippen LogP contribution is 2.40. The minimum atomic E-state index is 0.155. The maximum absolute atomic E-state index is 4.58. The molecule has 1 fully saturated rings. The third-order valence-corrected chi connectivity index (χ3v) is 4.63. The standard InChI is InChI=1S/C13H16N2S/c1-13(11-5-3-2-4-6-11)7-10-16-12-14-8-9-15(12)13/h2-6H,7-10H2,1H3. The van der Waals surface area contributed by atoms with Crippen LogP contribution >= 0.6 is 11.8 Å². The van der Waals surface area contributed by atoms with Gasteiger partial charge in [0, 0.05) is 12.3 Å². The van der Waals surface area contributed by atoms with Crippen molar-refractivity contribution in [2.45, 2.75) is 18.9 Å². The quantitative estimate of drug-likeness (QED) is 0.740. The Morgan fingerprint density at radius 3 is 2.94 bits per heavy atom. The normalized spacial score (nSPS) is 28.8. The molecule has 0 spiro atoms. The number of hydrogen-bond donors (Lipinski definition) is 0. The van der Waals surface area contributed by atoms with E-state index in [1.54, 1.807) is 0 Å². The maximum Gasteiger partial charge on any atom is 0.160 e. The van der Waals surface area contributed by atoms with E-state index in [1.807, 2.05) is 11.8 Å². The lowest BCUT2D eigenvalue weighted by Crippen LogP contribution is -2.48. The van der Waals surface area contributed by atoms with Crippen molar-refractivity contribution in [1.82, 2.24) is 4.90 Å². The number of thioether (sulfide) groups is 1. The van der Waals surface area contributed by atoms with Crippen molar-refractivity contribution < 1.29 is 0 Å². The van der Waals surface area contributed by atoms with Gasteiger partial charge in [0.15, 0.2) is 5.17 Å². The highest BCUT2D eigenvalue weighted by atomic mass is 32.2. The van der Waals surface area contributed by atoms with Gasteiger partial charge >= 0.3 is 0 Å². The summed E-state index contributed by atoms with van der Waals surface area (Å²) in [5.41, 5.74) is 1.58. The summed E-state index contributed by atoms with van der Waals surface area (Å²) in [7, 11) is 0. The summed E-state index contributed by atoms with van der Waals surface area (Å²) in [5, 5.41) is 1.25. The molecule has 2 aliphatic rings. The molecule has 3 rings (SSSR count). The first-order valence-electron chi connectivity index (χ1n) is 5.81. The van der Waals surface area contributed by atoms with E-state index < -0.39 is 0 Å². The number of aliphatic imine (C=N–C) groups is 1. The minimum absolute atomic E-state index is 0.155. The van der Waals surface area contributed by atoms with Crippen molar-refractivity contribution in [2.75, 3.05) is 18.8 Å². The van der Waals surface area contributed by atoms with Crippen molar-refractivity contribution in [3.63, 3.8) is 0 Å². The zero-order valence-electron chi connectivity index (χ0n) is 9.52. The van der Waals surface area contributed by atoms with Crippen LogP contribution in [-0.2, 0) is 5.54 Å². The fourth-order valence-electron chi connectivity index (χ4n) is 2.58. The fraction of sp³-hybridized carbons (Fsp3) is 0.462. The summed E-state index contributed by atoms with van der Waals surface area (Å²) >= 11 is 1.91. The number of hydrogen-bond acceptors (Lipinski definition) is 3. The van der Waals surface area contributed by atoms with Gasteiger partial charge in [-0.1, -0.05) is 42.1 Å². The number of fused-ring (bicyclic) bond motifs is 1. The highest BCUT2D eigenvalue weighted by Gasteiger charge is 2.40. The Hall–Kier alpha value is -0.960. The molecule has 0 bridgehead atoms. The van der Waals surface area contributed by atoms with Crippen LogP contribution in [0.15, 0.2) is 35.3 Å². The Labute approximate surface area is 101 Å². The molecule has 2 heterocycles. The number of benzene rings is 1. The maximum atomic E-state index is 4.58. The molecule has 0 amide bonds. The first-order chi connectivity index (χ1) is 7.81. The molecule has 3 heteroatoms. The summed E-state index contributed by atoms with van der Waals surface area (Å²) in [6.45, 7) is 4.39. The first-order valence-corrected chi connectivity index (χ1v) is 6.80. The average Bonchev–Trinajstić information content (AvgIpc) is 2.80. The predicted molar refractivity (Wildman–Crippen MR) is 69.9 cm³/mol. The van der Waals surface area contributed by atoms with Gasteiger partial charge in [-0.3, -0.25) is 4.99 Å². The van der Waals surface area contributed by atoms with Crippen LogP contribution < -0.4 is 0 Å². The Morgan fingerprint density at radius 1 is 1.31 bits per heavy atom. The SMILES string of the molecule is CC1(c2ccccc2)CCSC2=NCCN21. The van der Waals surface area contributed by atoms with E-state index in [4.69, 9.17) is 0 Å². The predicted octanol–water partition coefficient (Wildman–Crippen LogP) is 2.71. The van der Waals surface area contributed by atoms with Crippen LogP contribution in [0.25, 0.3) is 0 Å². The molecule has 1 atom stereocenters. The van der Waals surface area contributed by atoms with Crippen LogP contribution in [0.4, 0.5) is 0 Å². The Balaban J connectivity index is 2.01. The van der Waals surface area contributed by atoms with E-state index in [-0.39, 0.29) is 5.54 Å². The second-order valence-corrected chi connectivity index (χ2v) is 5.62. The Kier molecular flexibility index (Phi) is 2.43. The van der Waals surface area contributed by atoms with E-state index in [0.717, 1.165) is 13.1 Å². The second kappa shape index (κ2) is 3.81. The topological polar surface area (TPSA) is 15.6 Å². The molecule has 84 valence electrons. The van der Waals surface area contributed by atoms with Crippen molar-refractivity contribution in [3.05, 3.63) is 35.9 Å². The van der Waals surface area contributed by atoms with Crippen LogP contribution in [0.2, 0.25) is 0 Å². The molecule has 0 N–H and O–H groups in total. The first kappa shape index (κ1) is 10.2. The third kappa shape index (κ3) is 1.46. The monoisotopic (exact) mass is 232 g/mol. The van der Waals surface area contributed by atoms with E-state index in [2.05, 4.69) is 47.1 Å². The van der Waals surface area contributed by atoms with Crippen LogP contribution in [0.5, 0.6) is 0 Å². The van der Waals surface area contributed by atoms with Crippen LogP contribution in [0.1, 0.15) is 18.9 Å². The molecule has 1 aromatic rings. The molecular weight excluding hydrogens is 216 g/mol. The van der Waals surface area contributed by atoms with Crippen molar-refractivity contribution in [1.29, 1.82) is 0 Å². The lowest BCUT2D eigenvalue weighted by Gasteiger charge is -2.44. The summed E-state index contributed by atoms with van der Waals surface area (Å²) in [6, 6.07) is 10.8. The molecule has 0 saturated carbocycles. The van der Waals surface area contributed by atoms with Crippen LogP contribution in [0, 0.1) is 0 Å². The molecule has 0 aromatic heterocycles. The Bertz CT molecular complexity index is 415. The van der Waals surface area contributed by atoms with Gasteiger partial charge in [0.2, 0.25) is 0 Å². The molecule has 2 nitrogen and oxygen atoms in total.